The molecule has 0 aromatic heterocycles. The molecule has 2 aliphatic rings. The molecule has 0 saturated carbocycles. The molecule has 0 spiro atoms. The summed E-state index contributed by atoms with van der Waals surface area (Å²) in [5.41, 5.74) is 7.31. The number of likely N-dealkylation sites (N-methyl/N-ethyl adjacent to an activating group) is 1. The van der Waals surface area contributed by atoms with Crippen LogP contribution in [0.2, 0.25) is 0 Å². The maximum absolute atomic E-state index is 10.1. The topological polar surface area (TPSA) is 119 Å². The summed E-state index contributed by atoms with van der Waals surface area (Å²) in [6.07, 6.45) is 1.97. The first-order valence-electron chi connectivity index (χ1n) is 9.89. The summed E-state index contributed by atoms with van der Waals surface area (Å²) in [7, 11) is 3.50. The van der Waals surface area contributed by atoms with E-state index in [0.717, 1.165) is 16.7 Å². The second-order valence-electron chi connectivity index (χ2n) is 8.05. The summed E-state index contributed by atoms with van der Waals surface area (Å²) in [5, 5.41) is 30.1. The molecule has 158 valence electrons. The molecule has 2 atom stereocenters. The smallest absolute Gasteiger partial charge is 0.191 e. The molecule has 0 unspecified atom stereocenters. The van der Waals surface area contributed by atoms with Crippen LogP contribution in [0.25, 0.3) is 0 Å². The molecule has 7 heteroatoms. The van der Waals surface area contributed by atoms with Crippen molar-refractivity contribution in [3.05, 3.63) is 58.8 Å². The summed E-state index contributed by atoms with van der Waals surface area (Å²) in [6, 6.07) is 11.8. The van der Waals surface area contributed by atoms with Gasteiger partial charge in [0.2, 0.25) is 0 Å². The highest BCUT2D eigenvalue weighted by Gasteiger charge is 2.54. The Balaban J connectivity index is 2.21. The summed E-state index contributed by atoms with van der Waals surface area (Å²) in [4.78, 5) is 2.10. The fraction of sp³-hybridized carbons (Fsp3) is 0.375. The first-order valence-corrected chi connectivity index (χ1v) is 9.89. The lowest BCUT2D eigenvalue weighted by atomic mass is 9.58. The molecule has 7 nitrogen and oxygen atoms in total. The Bertz CT molecular complexity index is 1080. The Labute approximate surface area is 182 Å². The summed E-state index contributed by atoms with van der Waals surface area (Å²) < 4.78 is 11.3. The van der Waals surface area contributed by atoms with Crippen LogP contribution in [-0.4, -0.2) is 38.8 Å². The van der Waals surface area contributed by atoms with Crippen molar-refractivity contribution in [3.8, 4) is 29.7 Å². The zero-order valence-electron chi connectivity index (χ0n) is 18.0. The molecule has 0 bridgehead atoms. The molecule has 0 radical (unpaired) electrons. The van der Waals surface area contributed by atoms with E-state index in [4.69, 9.17) is 15.2 Å². The fourth-order valence-electron chi connectivity index (χ4n) is 4.40. The predicted molar refractivity (Wildman–Crippen MR) is 116 cm³/mol. The van der Waals surface area contributed by atoms with Crippen LogP contribution in [0.4, 0.5) is 0 Å². The van der Waals surface area contributed by atoms with E-state index >= 15 is 0 Å². The van der Waals surface area contributed by atoms with Crippen LogP contribution in [-0.2, 0) is 0 Å². The van der Waals surface area contributed by atoms with Gasteiger partial charge in [0.1, 0.15) is 12.7 Å². The summed E-state index contributed by atoms with van der Waals surface area (Å²) in [6.45, 7) is 7.32. The number of nitrogens with two attached hydrogens (primary N) is 1. The van der Waals surface area contributed by atoms with Gasteiger partial charge in [0.25, 0.3) is 0 Å². The van der Waals surface area contributed by atoms with E-state index < -0.39 is 11.3 Å². The molecule has 2 N–H and O–H groups in total. The van der Waals surface area contributed by atoms with Crippen molar-refractivity contribution in [3.63, 3.8) is 0 Å². The van der Waals surface area contributed by atoms with Crippen molar-refractivity contribution in [1.82, 2.24) is 4.90 Å². The van der Waals surface area contributed by atoms with Gasteiger partial charge >= 0.3 is 0 Å². The highest BCUT2D eigenvalue weighted by molar-refractivity contribution is 5.60. The quantitative estimate of drug-likeness (QED) is 0.734. The lowest BCUT2D eigenvalue weighted by molar-refractivity contribution is 0.237. The van der Waals surface area contributed by atoms with E-state index in [1.54, 1.807) is 12.1 Å². The first kappa shape index (κ1) is 22.0. The molecular weight excluding hydrogens is 390 g/mol. The number of benzene rings is 1. The lowest BCUT2D eigenvalue weighted by Gasteiger charge is -2.45. The number of allylic oxidation sites excluding steroid dienone is 2. The van der Waals surface area contributed by atoms with E-state index in [9.17, 15) is 15.8 Å². The maximum Gasteiger partial charge on any atom is 0.191 e. The van der Waals surface area contributed by atoms with E-state index in [-0.39, 0.29) is 17.2 Å². The van der Waals surface area contributed by atoms with Gasteiger partial charge in [0.15, 0.2) is 16.9 Å². The molecule has 1 heterocycles. The van der Waals surface area contributed by atoms with Crippen molar-refractivity contribution in [2.45, 2.75) is 12.8 Å². The average molecular weight is 415 g/mol. The second-order valence-corrected chi connectivity index (χ2v) is 8.05. The summed E-state index contributed by atoms with van der Waals surface area (Å²) in [5.74, 6) is 0.221. The third-order valence-corrected chi connectivity index (χ3v) is 5.87. The fourth-order valence-corrected chi connectivity index (χ4v) is 4.40. The molecule has 0 saturated heterocycles. The van der Waals surface area contributed by atoms with Gasteiger partial charge in [0.05, 0.1) is 30.5 Å². The van der Waals surface area contributed by atoms with Crippen LogP contribution < -0.4 is 15.2 Å². The standard InChI is InChI=1S/C24H25N5O2/c1-15(2)12-31-20-6-5-16(9-21(20)30-4)22-19-11-29(3)8-7-17(19)18(10-25)23(28)24(22,13-26)14-27/h5-7,9,19,22H,1,8,11-12,28H2,2-4H3/t19-,22-/m1/s1. The minimum absolute atomic E-state index is 0.0126. The molecule has 1 aromatic carbocycles. The Morgan fingerprint density at radius 3 is 2.58 bits per heavy atom. The minimum atomic E-state index is -1.67. The molecule has 0 amide bonds. The zero-order valence-corrected chi connectivity index (χ0v) is 18.0. The molecule has 0 fully saturated rings. The van der Waals surface area contributed by atoms with E-state index in [1.807, 2.05) is 26.1 Å². The van der Waals surface area contributed by atoms with Gasteiger partial charge in [-0.15, -0.1) is 0 Å². The third-order valence-electron chi connectivity index (χ3n) is 5.87. The van der Waals surface area contributed by atoms with E-state index in [2.05, 4.69) is 29.7 Å². The number of fused-ring (bicyclic) bond motifs is 1. The second kappa shape index (κ2) is 8.56. The minimum Gasteiger partial charge on any atom is -0.493 e. The summed E-state index contributed by atoms with van der Waals surface area (Å²) >= 11 is 0. The van der Waals surface area contributed by atoms with Crippen LogP contribution in [0, 0.1) is 45.3 Å². The molecule has 1 aliphatic heterocycles. The molecule has 1 aromatic rings. The van der Waals surface area contributed by atoms with Gasteiger partial charge in [-0.3, -0.25) is 0 Å². The van der Waals surface area contributed by atoms with Gasteiger partial charge in [-0.2, -0.15) is 15.8 Å². The van der Waals surface area contributed by atoms with Crippen molar-refractivity contribution in [1.29, 1.82) is 15.8 Å². The lowest BCUT2D eigenvalue weighted by Crippen LogP contribution is -2.47. The molecule has 3 rings (SSSR count). The Hall–Kier alpha value is -3.73. The maximum atomic E-state index is 10.1. The highest BCUT2D eigenvalue weighted by atomic mass is 16.5. The Kier molecular flexibility index (Phi) is 6.07. The monoisotopic (exact) mass is 415 g/mol. The van der Waals surface area contributed by atoms with Crippen LogP contribution in [0.1, 0.15) is 18.4 Å². The number of ether oxygens (including phenoxy) is 2. The molecule has 31 heavy (non-hydrogen) atoms. The molecule has 1 aliphatic carbocycles. The Morgan fingerprint density at radius 2 is 2.00 bits per heavy atom. The van der Waals surface area contributed by atoms with Crippen LogP contribution >= 0.6 is 0 Å². The van der Waals surface area contributed by atoms with Crippen LogP contribution in [0.3, 0.4) is 0 Å². The van der Waals surface area contributed by atoms with E-state index in [1.165, 1.54) is 7.11 Å². The predicted octanol–water partition coefficient (Wildman–Crippen LogP) is 3.01. The number of rotatable bonds is 5. The van der Waals surface area contributed by atoms with Crippen molar-refractivity contribution >= 4 is 0 Å². The number of nitriles is 3. The van der Waals surface area contributed by atoms with Gasteiger partial charge in [0, 0.05) is 24.9 Å². The van der Waals surface area contributed by atoms with Crippen LogP contribution in [0.5, 0.6) is 11.5 Å². The first-order chi connectivity index (χ1) is 14.8. The van der Waals surface area contributed by atoms with Gasteiger partial charge in [-0.1, -0.05) is 18.7 Å². The van der Waals surface area contributed by atoms with Crippen molar-refractivity contribution < 1.29 is 9.47 Å². The van der Waals surface area contributed by atoms with Crippen molar-refractivity contribution in [2.75, 3.05) is 33.9 Å². The third kappa shape index (κ3) is 3.63. The number of hydrogen-bond donors (Lipinski definition) is 1. The SMILES string of the molecule is C=C(C)COc1ccc([C@@H]2[C@@H]3CN(C)CC=C3C(C#N)=C(N)C2(C#N)C#N)cc1OC. The number of hydrogen-bond acceptors (Lipinski definition) is 7. The zero-order chi connectivity index (χ0) is 22.8. The van der Waals surface area contributed by atoms with Gasteiger partial charge < -0.3 is 20.1 Å². The largest absolute Gasteiger partial charge is 0.493 e. The average Bonchev–Trinajstić information content (AvgIpc) is 2.77. The van der Waals surface area contributed by atoms with Crippen LogP contribution in [0.15, 0.2) is 53.3 Å². The Morgan fingerprint density at radius 1 is 1.29 bits per heavy atom. The van der Waals surface area contributed by atoms with E-state index in [0.29, 0.717) is 31.2 Å². The van der Waals surface area contributed by atoms with Gasteiger partial charge in [-0.25, -0.2) is 0 Å². The normalized spacial score (nSPS) is 22.3. The van der Waals surface area contributed by atoms with Gasteiger partial charge in [-0.05, 0) is 42.8 Å². The number of nitrogens with zero attached hydrogens (tertiary/aromatic N) is 4. The molecular formula is C24H25N5O2. The van der Waals surface area contributed by atoms with Crippen molar-refractivity contribution in [2.24, 2.45) is 17.1 Å². The highest BCUT2D eigenvalue weighted by Crippen LogP contribution is 2.54. The number of methoxy groups -OCH3 is 1.